The van der Waals surface area contributed by atoms with Crippen LogP contribution in [0.3, 0.4) is 0 Å². The molecule has 0 saturated carbocycles. The van der Waals surface area contributed by atoms with E-state index >= 15 is 0 Å². The van der Waals surface area contributed by atoms with Crippen molar-refractivity contribution in [3.63, 3.8) is 0 Å². The summed E-state index contributed by atoms with van der Waals surface area (Å²) < 4.78 is 17.1. The third-order valence-electron chi connectivity index (χ3n) is 4.90. The molecule has 28 heavy (non-hydrogen) atoms. The van der Waals surface area contributed by atoms with Crippen LogP contribution in [0.1, 0.15) is 32.0 Å². The Balaban J connectivity index is 1.43. The van der Waals surface area contributed by atoms with Gasteiger partial charge in [-0.05, 0) is 47.5 Å². The molecule has 0 atom stereocenters. The fraction of sp³-hybridized carbons (Fsp3) is 0.143. The third kappa shape index (κ3) is 2.79. The van der Waals surface area contributed by atoms with Crippen molar-refractivity contribution in [1.82, 2.24) is 4.90 Å². The lowest BCUT2D eigenvalue weighted by Crippen LogP contribution is -2.23. The molecule has 1 amide bonds. The van der Waals surface area contributed by atoms with Crippen molar-refractivity contribution in [3.05, 3.63) is 69.4 Å². The maximum Gasteiger partial charge on any atom is 0.254 e. The minimum absolute atomic E-state index is 0.0441. The highest BCUT2D eigenvalue weighted by Gasteiger charge is 2.30. The van der Waals surface area contributed by atoms with Crippen molar-refractivity contribution in [1.29, 1.82) is 0 Å². The van der Waals surface area contributed by atoms with E-state index in [0.717, 1.165) is 26.9 Å². The number of amides is 1. The Hall–Kier alpha value is -3.06. The number of halogens is 1. The molecule has 2 aromatic carbocycles. The number of carbonyl (C=O) groups excluding carboxylic acids is 2. The molecule has 0 fully saturated rings. The first-order chi connectivity index (χ1) is 13.6. The summed E-state index contributed by atoms with van der Waals surface area (Å²) in [4.78, 5) is 25.6. The zero-order chi connectivity index (χ0) is 19.3. The summed E-state index contributed by atoms with van der Waals surface area (Å²) in [6, 6.07) is 12.8. The van der Waals surface area contributed by atoms with Crippen LogP contribution in [0.25, 0.3) is 11.3 Å². The molecule has 0 bridgehead atoms. The number of hydrogen-bond donors (Lipinski definition) is 0. The monoisotopic (exact) mass is 439 g/mol. The quantitative estimate of drug-likeness (QED) is 0.563. The molecular formula is C21H14BrNO5. The number of ether oxygens (including phenoxy) is 2. The van der Waals surface area contributed by atoms with Gasteiger partial charge in [0.05, 0.1) is 0 Å². The average molecular weight is 440 g/mol. The van der Waals surface area contributed by atoms with E-state index in [9.17, 15) is 9.59 Å². The van der Waals surface area contributed by atoms with Crippen molar-refractivity contribution in [3.8, 4) is 22.8 Å². The van der Waals surface area contributed by atoms with Gasteiger partial charge in [-0.3, -0.25) is 9.59 Å². The standard InChI is InChI=1S/C21H14BrNO5/c22-17-7-13(18-4-2-14(10-24)28-18)6-15-16(17)9-23(21(15)25)8-12-1-3-19-20(5-12)27-11-26-19/h1-7,10H,8-9,11H2. The van der Waals surface area contributed by atoms with Crippen molar-refractivity contribution in [2.75, 3.05) is 6.79 Å². The number of nitrogens with zero attached hydrogens (tertiary/aromatic N) is 1. The van der Waals surface area contributed by atoms with Gasteiger partial charge in [0, 0.05) is 28.7 Å². The maximum atomic E-state index is 13.0. The zero-order valence-electron chi connectivity index (χ0n) is 14.6. The highest BCUT2D eigenvalue weighted by atomic mass is 79.9. The molecule has 6 nitrogen and oxygen atoms in total. The fourth-order valence-corrected chi connectivity index (χ4v) is 4.11. The van der Waals surface area contributed by atoms with Gasteiger partial charge >= 0.3 is 0 Å². The van der Waals surface area contributed by atoms with Gasteiger partial charge in [-0.1, -0.05) is 22.0 Å². The van der Waals surface area contributed by atoms with Crippen LogP contribution in [-0.4, -0.2) is 23.9 Å². The summed E-state index contributed by atoms with van der Waals surface area (Å²) >= 11 is 3.57. The highest BCUT2D eigenvalue weighted by molar-refractivity contribution is 9.10. The summed E-state index contributed by atoms with van der Waals surface area (Å²) in [6.45, 7) is 1.21. The number of rotatable bonds is 4. The Morgan fingerprint density at radius 2 is 1.93 bits per heavy atom. The highest BCUT2D eigenvalue weighted by Crippen LogP contribution is 2.37. The largest absolute Gasteiger partial charge is 0.454 e. The van der Waals surface area contributed by atoms with Gasteiger partial charge in [0.25, 0.3) is 5.91 Å². The lowest BCUT2D eigenvalue weighted by molar-refractivity contribution is 0.0766. The van der Waals surface area contributed by atoms with Gasteiger partial charge in [-0.15, -0.1) is 0 Å². The first-order valence-corrected chi connectivity index (χ1v) is 9.47. The Labute approximate surface area is 168 Å². The maximum absolute atomic E-state index is 13.0. The second-order valence-electron chi connectivity index (χ2n) is 6.65. The van der Waals surface area contributed by atoms with E-state index in [4.69, 9.17) is 13.9 Å². The van der Waals surface area contributed by atoms with E-state index in [2.05, 4.69) is 15.9 Å². The van der Waals surface area contributed by atoms with Gasteiger partial charge in [0.15, 0.2) is 23.5 Å². The molecule has 3 heterocycles. The molecule has 0 spiro atoms. The molecule has 1 aromatic heterocycles. The zero-order valence-corrected chi connectivity index (χ0v) is 16.2. The molecular weight excluding hydrogens is 426 g/mol. The van der Waals surface area contributed by atoms with Gasteiger partial charge in [0.2, 0.25) is 6.79 Å². The average Bonchev–Trinajstić information content (AvgIpc) is 3.42. The Bertz CT molecular complexity index is 1120. The second kappa shape index (κ2) is 6.53. The summed E-state index contributed by atoms with van der Waals surface area (Å²) in [5.74, 6) is 2.18. The Kier molecular flexibility index (Phi) is 3.98. The van der Waals surface area contributed by atoms with Crippen LogP contribution in [0.15, 0.2) is 51.4 Å². The van der Waals surface area contributed by atoms with Crippen molar-refractivity contribution in [2.45, 2.75) is 13.1 Å². The molecule has 5 rings (SSSR count). The molecule has 0 N–H and O–H groups in total. The fourth-order valence-electron chi connectivity index (χ4n) is 3.52. The SMILES string of the molecule is O=Cc1ccc(-c2cc(Br)c3c(c2)C(=O)N(Cc2ccc4c(c2)OCO4)C3)o1. The van der Waals surface area contributed by atoms with Crippen molar-refractivity contribution < 1.29 is 23.5 Å². The summed E-state index contributed by atoms with van der Waals surface area (Å²) in [5, 5.41) is 0. The number of aldehydes is 1. The van der Waals surface area contributed by atoms with Crippen molar-refractivity contribution >= 4 is 28.1 Å². The molecule has 2 aliphatic rings. The van der Waals surface area contributed by atoms with Gasteiger partial charge in [0.1, 0.15) is 5.76 Å². The summed E-state index contributed by atoms with van der Waals surface area (Å²) in [5.41, 5.74) is 3.30. The lowest BCUT2D eigenvalue weighted by atomic mass is 10.0. The minimum Gasteiger partial charge on any atom is -0.454 e. The van der Waals surface area contributed by atoms with E-state index in [1.54, 1.807) is 17.0 Å². The van der Waals surface area contributed by atoms with Gasteiger partial charge < -0.3 is 18.8 Å². The minimum atomic E-state index is -0.0441. The molecule has 140 valence electrons. The van der Waals surface area contributed by atoms with E-state index in [0.29, 0.717) is 36.4 Å². The van der Waals surface area contributed by atoms with Crippen LogP contribution in [0, 0.1) is 0 Å². The van der Waals surface area contributed by atoms with Crippen LogP contribution in [0.2, 0.25) is 0 Å². The van der Waals surface area contributed by atoms with E-state index in [-0.39, 0.29) is 18.5 Å². The van der Waals surface area contributed by atoms with Crippen LogP contribution in [0.4, 0.5) is 0 Å². The number of hydrogen-bond acceptors (Lipinski definition) is 5. The molecule has 0 aliphatic carbocycles. The summed E-state index contributed by atoms with van der Waals surface area (Å²) in [7, 11) is 0. The predicted molar refractivity (Wildman–Crippen MR) is 103 cm³/mol. The molecule has 0 saturated heterocycles. The first-order valence-electron chi connectivity index (χ1n) is 8.68. The van der Waals surface area contributed by atoms with Crippen LogP contribution >= 0.6 is 15.9 Å². The third-order valence-corrected chi connectivity index (χ3v) is 5.61. The molecule has 2 aliphatic heterocycles. The van der Waals surface area contributed by atoms with E-state index < -0.39 is 0 Å². The molecule has 0 radical (unpaired) electrons. The van der Waals surface area contributed by atoms with Gasteiger partial charge in [-0.2, -0.15) is 0 Å². The number of furan rings is 1. The number of carbonyl (C=O) groups is 2. The summed E-state index contributed by atoms with van der Waals surface area (Å²) in [6.07, 6.45) is 0.657. The Morgan fingerprint density at radius 1 is 1.07 bits per heavy atom. The van der Waals surface area contributed by atoms with E-state index in [1.165, 1.54) is 0 Å². The number of fused-ring (bicyclic) bond motifs is 2. The van der Waals surface area contributed by atoms with Crippen LogP contribution in [-0.2, 0) is 13.1 Å². The van der Waals surface area contributed by atoms with Crippen LogP contribution in [0.5, 0.6) is 11.5 Å². The smallest absolute Gasteiger partial charge is 0.254 e. The molecule has 3 aromatic rings. The van der Waals surface area contributed by atoms with Crippen LogP contribution < -0.4 is 9.47 Å². The van der Waals surface area contributed by atoms with Gasteiger partial charge in [-0.25, -0.2) is 0 Å². The first kappa shape index (κ1) is 17.1. The van der Waals surface area contributed by atoms with Crippen molar-refractivity contribution in [2.24, 2.45) is 0 Å². The molecule has 7 heteroatoms. The topological polar surface area (TPSA) is 69.0 Å². The number of benzene rings is 2. The predicted octanol–water partition coefficient (Wildman–Crippen LogP) is 4.41. The lowest BCUT2D eigenvalue weighted by Gasteiger charge is -2.16. The van der Waals surface area contributed by atoms with E-state index in [1.807, 2.05) is 30.3 Å². The second-order valence-corrected chi connectivity index (χ2v) is 7.51. The molecule has 0 unspecified atom stereocenters. The normalized spacial score (nSPS) is 14.5. The Morgan fingerprint density at radius 3 is 2.75 bits per heavy atom.